The van der Waals surface area contributed by atoms with E-state index in [0.717, 1.165) is 49.9 Å². The summed E-state index contributed by atoms with van der Waals surface area (Å²) in [6, 6.07) is 0. The van der Waals surface area contributed by atoms with Crippen molar-refractivity contribution in [1.82, 2.24) is 0 Å². The van der Waals surface area contributed by atoms with Gasteiger partial charge in [0.15, 0.2) is 0 Å². The van der Waals surface area contributed by atoms with Crippen LogP contribution >= 0.6 is 0 Å². The van der Waals surface area contributed by atoms with Gasteiger partial charge in [-0.15, -0.1) is 0 Å². The van der Waals surface area contributed by atoms with Crippen LogP contribution in [0.3, 0.4) is 0 Å². The first kappa shape index (κ1) is 30.4. The lowest BCUT2D eigenvalue weighted by Gasteiger charge is -2.30. The minimum atomic E-state index is -0.272. The molecule has 0 aromatic rings. The predicted molar refractivity (Wildman–Crippen MR) is 149 cm³/mol. The Kier molecular flexibility index (Phi) is 13.0. The largest absolute Gasteiger partial charge is 0.393 e. The van der Waals surface area contributed by atoms with Crippen LogP contribution in [0.5, 0.6) is 0 Å². The summed E-state index contributed by atoms with van der Waals surface area (Å²) in [7, 11) is 3.65. The molecule has 9 unspecified atom stereocenters. The molecule has 0 heterocycles. The van der Waals surface area contributed by atoms with Gasteiger partial charge in [-0.05, 0) is 113 Å². The summed E-state index contributed by atoms with van der Waals surface area (Å²) in [5.41, 5.74) is -0.272. The van der Waals surface area contributed by atoms with Crippen molar-refractivity contribution in [2.45, 2.75) is 160 Å². The zero-order chi connectivity index (χ0) is 26.0. The molecule has 0 radical (unpaired) electrons. The molecule has 0 aromatic carbocycles. The Morgan fingerprint density at radius 3 is 2.11 bits per heavy atom. The molecular formula is C32H60O4. The van der Waals surface area contributed by atoms with E-state index in [2.05, 4.69) is 13.8 Å². The SMILES string of the molecule is CCC(CCCCC1CCC2CC(O)CC12)OC.CCC(CCCCC1CCC2CCCC12O)OC. The van der Waals surface area contributed by atoms with Crippen LogP contribution < -0.4 is 0 Å². The third kappa shape index (κ3) is 8.17. The van der Waals surface area contributed by atoms with Gasteiger partial charge in [0.25, 0.3) is 0 Å². The molecule has 0 bridgehead atoms. The third-order valence-corrected chi connectivity index (χ3v) is 10.9. The highest BCUT2D eigenvalue weighted by atomic mass is 16.5. The lowest BCUT2D eigenvalue weighted by Crippen LogP contribution is -2.35. The summed E-state index contributed by atoms with van der Waals surface area (Å²) in [5.74, 6) is 3.84. The van der Waals surface area contributed by atoms with Crippen molar-refractivity contribution in [1.29, 1.82) is 0 Å². The lowest BCUT2D eigenvalue weighted by molar-refractivity contribution is -0.0220. The fourth-order valence-corrected chi connectivity index (χ4v) is 8.62. The Hall–Kier alpha value is -0.160. The summed E-state index contributed by atoms with van der Waals surface area (Å²) in [4.78, 5) is 0. The second-order valence-corrected chi connectivity index (χ2v) is 12.8. The molecule has 0 spiro atoms. The van der Waals surface area contributed by atoms with Gasteiger partial charge in [0.05, 0.1) is 23.9 Å². The van der Waals surface area contributed by atoms with E-state index in [1.165, 1.54) is 89.9 Å². The summed E-state index contributed by atoms with van der Waals surface area (Å²) in [6.07, 6.45) is 24.5. The molecule has 0 saturated heterocycles. The number of ether oxygens (including phenoxy) is 2. The molecule has 4 aliphatic rings. The molecule has 4 rings (SSSR count). The zero-order valence-electron chi connectivity index (χ0n) is 24.3. The van der Waals surface area contributed by atoms with Crippen molar-refractivity contribution in [2.24, 2.45) is 29.6 Å². The first-order valence-corrected chi connectivity index (χ1v) is 15.9. The normalized spacial score (nSPS) is 36.8. The van der Waals surface area contributed by atoms with E-state index in [9.17, 15) is 10.2 Å². The Balaban J connectivity index is 0.000000201. The van der Waals surface area contributed by atoms with Crippen LogP contribution in [0, 0.1) is 29.6 Å². The highest BCUT2D eigenvalue weighted by molar-refractivity contribution is 5.02. The van der Waals surface area contributed by atoms with E-state index in [0.29, 0.717) is 24.0 Å². The average Bonchev–Trinajstić information content (AvgIpc) is 3.61. The number of aliphatic hydroxyl groups excluding tert-OH is 1. The van der Waals surface area contributed by atoms with Crippen molar-refractivity contribution in [2.75, 3.05) is 14.2 Å². The maximum Gasteiger partial charge on any atom is 0.0703 e. The summed E-state index contributed by atoms with van der Waals surface area (Å²) >= 11 is 0. The molecule has 0 amide bonds. The minimum absolute atomic E-state index is 0.0146. The lowest BCUT2D eigenvalue weighted by atomic mass is 9.83. The second kappa shape index (κ2) is 15.4. The van der Waals surface area contributed by atoms with E-state index >= 15 is 0 Å². The van der Waals surface area contributed by atoms with Gasteiger partial charge in [-0.25, -0.2) is 0 Å². The summed E-state index contributed by atoms with van der Waals surface area (Å²) in [5, 5.41) is 20.5. The topological polar surface area (TPSA) is 58.9 Å². The Labute approximate surface area is 223 Å². The molecule has 212 valence electrons. The van der Waals surface area contributed by atoms with Crippen LogP contribution in [0.2, 0.25) is 0 Å². The quantitative estimate of drug-likeness (QED) is 0.236. The Morgan fingerprint density at radius 2 is 1.47 bits per heavy atom. The van der Waals surface area contributed by atoms with E-state index in [1.54, 1.807) is 0 Å². The zero-order valence-corrected chi connectivity index (χ0v) is 24.3. The molecule has 2 N–H and O–H groups in total. The number of hydrogen-bond donors (Lipinski definition) is 2. The van der Waals surface area contributed by atoms with Crippen LogP contribution in [0.25, 0.3) is 0 Å². The van der Waals surface area contributed by atoms with Crippen LogP contribution in [0.4, 0.5) is 0 Å². The van der Waals surface area contributed by atoms with Gasteiger partial charge in [0.2, 0.25) is 0 Å². The minimum Gasteiger partial charge on any atom is -0.393 e. The van der Waals surface area contributed by atoms with Crippen LogP contribution in [0.1, 0.15) is 136 Å². The van der Waals surface area contributed by atoms with Gasteiger partial charge < -0.3 is 19.7 Å². The fourth-order valence-electron chi connectivity index (χ4n) is 8.62. The highest BCUT2D eigenvalue weighted by Gasteiger charge is 2.50. The fraction of sp³-hybridized carbons (Fsp3) is 1.00. The molecule has 36 heavy (non-hydrogen) atoms. The number of fused-ring (bicyclic) bond motifs is 2. The number of hydrogen-bond acceptors (Lipinski definition) is 4. The third-order valence-electron chi connectivity index (χ3n) is 10.9. The van der Waals surface area contributed by atoms with Crippen LogP contribution in [-0.4, -0.2) is 48.3 Å². The van der Waals surface area contributed by atoms with Gasteiger partial charge >= 0.3 is 0 Å². The Bertz CT molecular complexity index is 589. The van der Waals surface area contributed by atoms with Crippen molar-refractivity contribution in [3.05, 3.63) is 0 Å². The second-order valence-electron chi connectivity index (χ2n) is 12.8. The van der Waals surface area contributed by atoms with E-state index < -0.39 is 0 Å². The molecular weight excluding hydrogens is 448 g/mol. The van der Waals surface area contributed by atoms with Gasteiger partial charge in [0.1, 0.15) is 0 Å². The predicted octanol–water partition coefficient (Wildman–Crippen LogP) is 7.68. The van der Waals surface area contributed by atoms with Crippen LogP contribution in [0.15, 0.2) is 0 Å². The van der Waals surface area contributed by atoms with Gasteiger partial charge in [-0.2, -0.15) is 0 Å². The number of rotatable bonds is 14. The first-order valence-electron chi connectivity index (χ1n) is 15.9. The van der Waals surface area contributed by atoms with E-state index in [-0.39, 0.29) is 11.7 Å². The number of unbranched alkanes of at least 4 members (excludes halogenated alkanes) is 2. The molecule has 0 aromatic heterocycles. The Morgan fingerprint density at radius 1 is 0.806 bits per heavy atom. The van der Waals surface area contributed by atoms with Crippen molar-refractivity contribution < 1.29 is 19.7 Å². The highest BCUT2D eigenvalue weighted by Crippen LogP contribution is 2.52. The maximum atomic E-state index is 10.8. The standard InChI is InChI=1S/2C16H30O2/c1-3-15(18-2)9-5-4-7-13-10-11-14-8-6-12-16(13,14)17;1-3-15(18-2)7-5-4-6-12-8-9-13-10-14(17)11-16(12)13/h13-15,17H,3-12H2,1-2H3;12-17H,3-11H2,1-2H3. The first-order chi connectivity index (χ1) is 17.4. The van der Waals surface area contributed by atoms with Gasteiger partial charge in [-0.3, -0.25) is 0 Å². The smallest absolute Gasteiger partial charge is 0.0703 e. The molecule has 4 heteroatoms. The van der Waals surface area contributed by atoms with Crippen molar-refractivity contribution in [3.63, 3.8) is 0 Å². The number of aliphatic hydroxyl groups is 2. The summed E-state index contributed by atoms with van der Waals surface area (Å²) in [6.45, 7) is 4.40. The summed E-state index contributed by atoms with van der Waals surface area (Å²) < 4.78 is 10.8. The average molecular weight is 509 g/mol. The van der Waals surface area contributed by atoms with E-state index in [4.69, 9.17) is 9.47 Å². The van der Waals surface area contributed by atoms with E-state index in [1.807, 2.05) is 14.2 Å². The van der Waals surface area contributed by atoms with Crippen molar-refractivity contribution in [3.8, 4) is 0 Å². The monoisotopic (exact) mass is 508 g/mol. The molecule has 4 nitrogen and oxygen atoms in total. The number of methoxy groups -OCH3 is 2. The molecule has 4 saturated carbocycles. The molecule has 0 aliphatic heterocycles. The molecule has 9 atom stereocenters. The van der Waals surface area contributed by atoms with Gasteiger partial charge in [-0.1, -0.05) is 52.4 Å². The molecule has 4 aliphatic carbocycles. The maximum absolute atomic E-state index is 10.8. The van der Waals surface area contributed by atoms with Crippen LogP contribution in [-0.2, 0) is 9.47 Å². The van der Waals surface area contributed by atoms with Crippen molar-refractivity contribution >= 4 is 0 Å². The van der Waals surface area contributed by atoms with Gasteiger partial charge in [0, 0.05) is 14.2 Å². The molecule has 4 fully saturated rings.